The minimum Gasteiger partial charge on any atom is -0.396 e. The molecule has 0 saturated carbocycles. The lowest BCUT2D eigenvalue weighted by Crippen LogP contribution is -2.60. The number of fused-ring (bicyclic) bond motifs is 1. The Labute approximate surface area is 229 Å². The molecule has 0 aromatic carbocycles. The lowest BCUT2D eigenvalue weighted by Gasteiger charge is -2.42. The van der Waals surface area contributed by atoms with Crippen LogP contribution in [0.15, 0.2) is 25.3 Å². The predicted octanol–water partition coefficient (Wildman–Crippen LogP) is 3.54. The Kier molecular flexibility index (Phi) is 9.51. The standard InChI is InChI=1S/C30H49N3O5/c1-8-17-31(18-9-2)25(35)22-23-26(36)32(20-13-12-14-21-34)24(27(37)33(19-10-3)28(5,6)7)30(23)16-15-29(22,11-4)38-30/h8,10,22-24,34H,1,3,9,11-21H2,2,4-7H3/t22-,23+,24?,29+,30?/m1/s1. The third-order valence-corrected chi connectivity index (χ3v) is 8.78. The number of rotatable bonds is 14. The van der Waals surface area contributed by atoms with E-state index < -0.39 is 34.6 Å². The van der Waals surface area contributed by atoms with E-state index in [-0.39, 0.29) is 24.3 Å². The molecule has 3 saturated heterocycles. The minimum atomic E-state index is -1.03. The first-order valence-electron chi connectivity index (χ1n) is 14.4. The molecule has 2 unspecified atom stereocenters. The van der Waals surface area contributed by atoms with Crippen LogP contribution in [0.25, 0.3) is 0 Å². The molecular formula is C30H49N3O5. The van der Waals surface area contributed by atoms with Crippen molar-refractivity contribution in [1.82, 2.24) is 14.7 Å². The van der Waals surface area contributed by atoms with Crippen LogP contribution in [0.1, 0.15) is 79.6 Å². The van der Waals surface area contributed by atoms with Crippen molar-refractivity contribution in [2.75, 3.05) is 32.8 Å². The van der Waals surface area contributed by atoms with Gasteiger partial charge in [-0.05, 0) is 65.7 Å². The van der Waals surface area contributed by atoms with Gasteiger partial charge in [0.15, 0.2) is 0 Å². The zero-order valence-electron chi connectivity index (χ0n) is 24.2. The van der Waals surface area contributed by atoms with Crippen LogP contribution < -0.4 is 0 Å². The third kappa shape index (κ3) is 5.06. The number of carbonyl (C=O) groups is 3. The summed E-state index contributed by atoms with van der Waals surface area (Å²) in [6.45, 7) is 19.5. The molecule has 1 spiro atoms. The van der Waals surface area contributed by atoms with Crippen molar-refractivity contribution < 1.29 is 24.2 Å². The van der Waals surface area contributed by atoms with Gasteiger partial charge in [0.25, 0.3) is 0 Å². The molecule has 3 fully saturated rings. The second-order valence-electron chi connectivity index (χ2n) is 12.1. The number of aliphatic hydroxyl groups is 1. The molecule has 3 amide bonds. The minimum absolute atomic E-state index is 0.0689. The topological polar surface area (TPSA) is 90.4 Å². The van der Waals surface area contributed by atoms with Crippen LogP contribution in [0.3, 0.4) is 0 Å². The summed E-state index contributed by atoms with van der Waals surface area (Å²) >= 11 is 0. The SMILES string of the molecule is C=CCN(CCC)C(=O)[C@H]1[C@H]2C(=O)N(CCCCCO)C(C(=O)N(CC=C)C(C)(C)C)C23CC[C@]1(CC)O3. The fourth-order valence-electron chi connectivity index (χ4n) is 7.07. The van der Waals surface area contributed by atoms with Gasteiger partial charge in [0.2, 0.25) is 17.7 Å². The summed E-state index contributed by atoms with van der Waals surface area (Å²) in [4.78, 5) is 48.1. The van der Waals surface area contributed by atoms with Gasteiger partial charge in [-0.15, -0.1) is 13.2 Å². The van der Waals surface area contributed by atoms with E-state index in [1.807, 2.05) is 34.6 Å². The van der Waals surface area contributed by atoms with E-state index in [9.17, 15) is 19.5 Å². The molecule has 0 aromatic rings. The Morgan fingerprint density at radius 1 is 1.11 bits per heavy atom. The van der Waals surface area contributed by atoms with Crippen LogP contribution in [0.5, 0.6) is 0 Å². The Bertz CT molecular complexity index is 914. The zero-order chi connectivity index (χ0) is 28.3. The van der Waals surface area contributed by atoms with Crippen molar-refractivity contribution in [3.05, 3.63) is 25.3 Å². The second-order valence-corrected chi connectivity index (χ2v) is 12.1. The molecule has 3 aliphatic heterocycles. The number of carbonyl (C=O) groups excluding carboxylic acids is 3. The average Bonchev–Trinajstić information content (AvgIpc) is 3.47. The zero-order valence-corrected chi connectivity index (χ0v) is 24.2. The second kappa shape index (κ2) is 11.9. The van der Waals surface area contributed by atoms with Crippen molar-refractivity contribution in [2.45, 2.75) is 102 Å². The molecule has 38 heavy (non-hydrogen) atoms. The Morgan fingerprint density at radius 3 is 2.34 bits per heavy atom. The number of aliphatic hydroxyl groups excluding tert-OH is 1. The highest BCUT2D eigenvalue weighted by Crippen LogP contribution is 2.64. The summed E-state index contributed by atoms with van der Waals surface area (Å²) in [6, 6.07) is -0.793. The molecule has 3 heterocycles. The Balaban J connectivity index is 2.10. The number of unbranched alkanes of at least 4 members (excludes halogenated alkanes) is 2. The predicted molar refractivity (Wildman–Crippen MR) is 148 cm³/mol. The van der Waals surface area contributed by atoms with Gasteiger partial charge in [0.1, 0.15) is 11.6 Å². The highest BCUT2D eigenvalue weighted by Gasteiger charge is 2.79. The van der Waals surface area contributed by atoms with Gasteiger partial charge in [-0.25, -0.2) is 0 Å². The van der Waals surface area contributed by atoms with Crippen molar-refractivity contribution in [2.24, 2.45) is 11.8 Å². The van der Waals surface area contributed by atoms with Crippen LogP contribution in [-0.4, -0.2) is 93.1 Å². The smallest absolute Gasteiger partial charge is 0.249 e. The van der Waals surface area contributed by atoms with Crippen LogP contribution in [0, 0.1) is 11.8 Å². The van der Waals surface area contributed by atoms with Crippen molar-refractivity contribution in [3.63, 3.8) is 0 Å². The molecule has 0 aliphatic carbocycles. The van der Waals surface area contributed by atoms with Gasteiger partial charge in [-0.3, -0.25) is 14.4 Å². The quantitative estimate of drug-likeness (QED) is 0.274. The first-order chi connectivity index (χ1) is 18.0. The summed E-state index contributed by atoms with van der Waals surface area (Å²) in [7, 11) is 0. The number of likely N-dealkylation sites (tertiary alicyclic amines) is 1. The van der Waals surface area contributed by atoms with E-state index in [0.29, 0.717) is 58.3 Å². The molecule has 214 valence electrons. The Hall–Kier alpha value is -2.19. The molecule has 0 aromatic heterocycles. The van der Waals surface area contributed by atoms with Crippen LogP contribution >= 0.6 is 0 Å². The third-order valence-electron chi connectivity index (χ3n) is 8.78. The van der Waals surface area contributed by atoms with Gasteiger partial charge < -0.3 is 24.5 Å². The fourth-order valence-corrected chi connectivity index (χ4v) is 7.07. The highest BCUT2D eigenvalue weighted by atomic mass is 16.5. The molecular weight excluding hydrogens is 482 g/mol. The maximum Gasteiger partial charge on any atom is 0.249 e. The number of ether oxygens (including phenoxy) is 1. The van der Waals surface area contributed by atoms with E-state index in [0.717, 1.165) is 12.8 Å². The van der Waals surface area contributed by atoms with E-state index in [4.69, 9.17) is 4.74 Å². The number of amides is 3. The van der Waals surface area contributed by atoms with E-state index in [2.05, 4.69) is 13.2 Å². The molecule has 1 N–H and O–H groups in total. The first-order valence-corrected chi connectivity index (χ1v) is 14.4. The summed E-state index contributed by atoms with van der Waals surface area (Å²) < 4.78 is 6.91. The summed E-state index contributed by atoms with van der Waals surface area (Å²) in [5.74, 6) is -1.68. The normalized spacial score (nSPS) is 29.9. The maximum absolute atomic E-state index is 14.4. The van der Waals surface area contributed by atoms with E-state index in [1.54, 1.807) is 26.9 Å². The lowest BCUT2D eigenvalue weighted by atomic mass is 9.64. The molecule has 8 nitrogen and oxygen atoms in total. The molecule has 0 radical (unpaired) electrons. The molecule has 2 bridgehead atoms. The largest absolute Gasteiger partial charge is 0.396 e. The first kappa shape index (κ1) is 30.4. The van der Waals surface area contributed by atoms with Crippen molar-refractivity contribution in [3.8, 4) is 0 Å². The van der Waals surface area contributed by atoms with E-state index >= 15 is 0 Å². The molecule has 8 heteroatoms. The Morgan fingerprint density at radius 2 is 1.79 bits per heavy atom. The van der Waals surface area contributed by atoms with Gasteiger partial charge in [0.05, 0.1) is 17.4 Å². The van der Waals surface area contributed by atoms with Crippen LogP contribution in [-0.2, 0) is 19.1 Å². The number of hydrogen-bond acceptors (Lipinski definition) is 5. The number of hydrogen-bond donors (Lipinski definition) is 1. The van der Waals surface area contributed by atoms with E-state index in [1.165, 1.54) is 0 Å². The fraction of sp³-hybridized carbons (Fsp3) is 0.767. The summed E-state index contributed by atoms with van der Waals surface area (Å²) in [5.41, 5.74) is -2.27. The summed E-state index contributed by atoms with van der Waals surface area (Å²) in [6.07, 6.45) is 8.14. The van der Waals surface area contributed by atoms with Gasteiger partial charge in [0, 0.05) is 38.3 Å². The average molecular weight is 532 g/mol. The van der Waals surface area contributed by atoms with Gasteiger partial charge >= 0.3 is 0 Å². The van der Waals surface area contributed by atoms with Crippen LogP contribution in [0.4, 0.5) is 0 Å². The molecule has 3 aliphatic rings. The van der Waals surface area contributed by atoms with Crippen molar-refractivity contribution in [1.29, 1.82) is 0 Å². The van der Waals surface area contributed by atoms with Gasteiger partial charge in [-0.1, -0.05) is 26.0 Å². The molecule has 3 rings (SSSR count). The highest BCUT2D eigenvalue weighted by molar-refractivity contribution is 5.99. The van der Waals surface area contributed by atoms with Gasteiger partial charge in [-0.2, -0.15) is 0 Å². The lowest BCUT2D eigenvalue weighted by molar-refractivity contribution is -0.157. The van der Waals surface area contributed by atoms with Crippen LogP contribution in [0.2, 0.25) is 0 Å². The number of nitrogens with zero attached hydrogens (tertiary/aromatic N) is 3. The van der Waals surface area contributed by atoms with Crippen molar-refractivity contribution >= 4 is 17.7 Å². The summed E-state index contributed by atoms with van der Waals surface area (Å²) in [5, 5.41) is 9.26. The molecule has 5 atom stereocenters. The maximum atomic E-state index is 14.4. The monoisotopic (exact) mass is 531 g/mol.